The molecule has 2 heterocycles. The van der Waals surface area contributed by atoms with E-state index in [9.17, 15) is 0 Å². The lowest BCUT2D eigenvalue weighted by atomic mass is 10.0. The summed E-state index contributed by atoms with van der Waals surface area (Å²) >= 11 is 3.43. The highest BCUT2D eigenvalue weighted by atomic mass is 79.9. The van der Waals surface area contributed by atoms with E-state index in [-0.39, 0.29) is 12.1 Å². The number of nitrogens with one attached hydrogen (secondary N) is 1. The zero-order valence-electron chi connectivity index (χ0n) is 10.7. The van der Waals surface area contributed by atoms with Crippen molar-refractivity contribution in [2.24, 2.45) is 5.73 Å². The van der Waals surface area contributed by atoms with Gasteiger partial charge in [-0.2, -0.15) is 4.98 Å². The van der Waals surface area contributed by atoms with E-state index in [0.29, 0.717) is 5.95 Å². The third kappa shape index (κ3) is 2.90. The molecule has 102 valence electrons. The van der Waals surface area contributed by atoms with Crippen LogP contribution in [0.15, 0.2) is 22.8 Å². The van der Waals surface area contributed by atoms with Crippen LogP contribution in [0, 0.1) is 0 Å². The lowest BCUT2D eigenvalue weighted by Gasteiger charge is -2.21. The van der Waals surface area contributed by atoms with Gasteiger partial charge in [0.05, 0.1) is 0 Å². The summed E-state index contributed by atoms with van der Waals surface area (Å²) in [5, 5.41) is 7.84. The van der Waals surface area contributed by atoms with Gasteiger partial charge in [-0.15, -0.1) is 5.10 Å². The fourth-order valence-electron chi connectivity index (χ4n) is 2.60. The first-order valence-corrected chi connectivity index (χ1v) is 7.56. The summed E-state index contributed by atoms with van der Waals surface area (Å²) in [6.07, 6.45) is 7.81. The molecule has 0 bridgehead atoms. The second-order valence-corrected chi connectivity index (χ2v) is 6.05. The summed E-state index contributed by atoms with van der Waals surface area (Å²) in [6, 6.07) is 4.38. The summed E-state index contributed by atoms with van der Waals surface area (Å²) < 4.78 is 2.76. The zero-order chi connectivity index (χ0) is 13.2. The molecule has 2 atom stereocenters. The Morgan fingerprint density at radius 2 is 2.11 bits per heavy atom. The number of fused-ring (bicyclic) bond motifs is 1. The van der Waals surface area contributed by atoms with Crippen molar-refractivity contribution in [3.8, 4) is 0 Å². The molecular formula is C13H18BrN5. The van der Waals surface area contributed by atoms with Gasteiger partial charge in [0.1, 0.15) is 0 Å². The molecule has 1 aliphatic carbocycles. The van der Waals surface area contributed by atoms with Crippen LogP contribution in [-0.2, 0) is 0 Å². The van der Waals surface area contributed by atoms with Crippen LogP contribution in [0.25, 0.3) is 5.65 Å². The van der Waals surface area contributed by atoms with E-state index in [2.05, 4.69) is 31.3 Å². The summed E-state index contributed by atoms with van der Waals surface area (Å²) in [4.78, 5) is 4.48. The highest BCUT2D eigenvalue weighted by molar-refractivity contribution is 9.10. The molecule has 0 aromatic carbocycles. The molecule has 2 aromatic heterocycles. The van der Waals surface area contributed by atoms with Gasteiger partial charge in [0, 0.05) is 22.8 Å². The van der Waals surface area contributed by atoms with Gasteiger partial charge in [-0.3, -0.25) is 0 Å². The van der Waals surface area contributed by atoms with Crippen molar-refractivity contribution in [1.82, 2.24) is 14.6 Å². The standard InChI is InChI=1S/C13H18BrN5/c14-9-6-7-12-17-13(18-19(12)8-9)16-11-5-3-1-2-4-10(11)15/h6-8,10-11H,1-5,15H2,(H,16,18). The van der Waals surface area contributed by atoms with Crippen molar-refractivity contribution in [3.05, 3.63) is 22.8 Å². The fraction of sp³-hybridized carbons (Fsp3) is 0.538. The fourth-order valence-corrected chi connectivity index (χ4v) is 2.93. The monoisotopic (exact) mass is 323 g/mol. The van der Waals surface area contributed by atoms with Crippen LogP contribution in [0.5, 0.6) is 0 Å². The minimum atomic E-state index is 0.195. The molecule has 0 aliphatic heterocycles. The lowest BCUT2D eigenvalue weighted by molar-refractivity contribution is 0.525. The third-order valence-corrected chi connectivity index (χ3v) is 4.15. The van der Waals surface area contributed by atoms with E-state index >= 15 is 0 Å². The van der Waals surface area contributed by atoms with Crippen LogP contribution < -0.4 is 11.1 Å². The summed E-state index contributed by atoms with van der Waals surface area (Å²) in [6.45, 7) is 0. The SMILES string of the molecule is NC1CCCCCC1Nc1nc2ccc(Br)cn2n1. The minimum absolute atomic E-state index is 0.195. The van der Waals surface area contributed by atoms with Gasteiger partial charge < -0.3 is 11.1 Å². The molecule has 0 spiro atoms. The molecule has 0 radical (unpaired) electrons. The molecule has 3 rings (SSSR count). The first-order valence-electron chi connectivity index (χ1n) is 6.76. The minimum Gasteiger partial charge on any atom is -0.349 e. The van der Waals surface area contributed by atoms with E-state index < -0.39 is 0 Å². The molecule has 1 saturated carbocycles. The maximum Gasteiger partial charge on any atom is 0.243 e. The van der Waals surface area contributed by atoms with Crippen molar-refractivity contribution in [2.45, 2.75) is 44.2 Å². The van der Waals surface area contributed by atoms with Crippen molar-refractivity contribution >= 4 is 27.5 Å². The van der Waals surface area contributed by atoms with Gasteiger partial charge >= 0.3 is 0 Å². The number of nitrogens with two attached hydrogens (primary N) is 1. The Kier molecular flexibility index (Phi) is 3.70. The zero-order valence-corrected chi connectivity index (χ0v) is 12.3. The average Bonchev–Trinajstić information content (AvgIpc) is 2.66. The first kappa shape index (κ1) is 12.9. The molecule has 19 heavy (non-hydrogen) atoms. The van der Waals surface area contributed by atoms with E-state index in [1.165, 1.54) is 19.3 Å². The molecule has 2 aromatic rings. The number of hydrogen-bond donors (Lipinski definition) is 2. The van der Waals surface area contributed by atoms with Crippen LogP contribution >= 0.6 is 15.9 Å². The Balaban J connectivity index is 1.80. The third-order valence-electron chi connectivity index (χ3n) is 3.68. The lowest BCUT2D eigenvalue weighted by Crippen LogP contribution is -2.39. The summed E-state index contributed by atoms with van der Waals surface area (Å²) in [7, 11) is 0. The quantitative estimate of drug-likeness (QED) is 0.833. The highest BCUT2D eigenvalue weighted by Gasteiger charge is 2.21. The van der Waals surface area contributed by atoms with E-state index in [0.717, 1.165) is 23.0 Å². The van der Waals surface area contributed by atoms with Gasteiger partial charge in [-0.05, 0) is 40.9 Å². The first-order chi connectivity index (χ1) is 9.22. The number of nitrogens with zero attached hydrogens (tertiary/aromatic N) is 3. The molecule has 2 unspecified atom stereocenters. The molecule has 6 heteroatoms. The molecule has 5 nitrogen and oxygen atoms in total. The van der Waals surface area contributed by atoms with Gasteiger partial charge in [0.15, 0.2) is 5.65 Å². The predicted octanol–water partition coefficient (Wildman–Crippen LogP) is 2.56. The number of hydrogen-bond acceptors (Lipinski definition) is 4. The Hall–Kier alpha value is -1.14. The molecule has 3 N–H and O–H groups in total. The number of halogens is 1. The summed E-state index contributed by atoms with van der Waals surface area (Å²) in [5.41, 5.74) is 7.05. The van der Waals surface area contributed by atoms with E-state index in [1.807, 2.05) is 18.3 Å². The van der Waals surface area contributed by atoms with Crippen molar-refractivity contribution in [3.63, 3.8) is 0 Å². The second-order valence-electron chi connectivity index (χ2n) is 5.14. The average molecular weight is 324 g/mol. The van der Waals surface area contributed by atoms with Crippen LogP contribution in [0.4, 0.5) is 5.95 Å². The van der Waals surface area contributed by atoms with Crippen molar-refractivity contribution < 1.29 is 0 Å². The molecular weight excluding hydrogens is 306 g/mol. The van der Waals surface area contributed by atoms with Crippen LogP contribution in [-0.4, -0.2) is 26.7 Å². The van der Waals surface area contributed by atoms with Crippen LogP contribution in [0.3, 0.4) is 0 Å². The highest BCUT2D eigenvalue weighted by Crippen LogP contribution is 2.20. The van der Waals surface area contributed by atoms with E-state index in [1.54, 1.807) is 4.52 Å². The molecule has 0 amide bonds. The number of aromatic nitrogens is 3. The molecule has 1 aliphatic rings. The predicted molar refractivity (Wildman–Crippen MR) is 79.2 cm³/mol. The maximum atomic E-state index is 6.21. The molecule has 1 fully saturated rings. The normalized spacial score (nSPS) is 24.3. The van der Waals surface area contributed by atoms with E-state index in [4.69, 9.17) is 5.73 Å². The van der Waals surface area contributed by atoms with Gasteiger partial charge in [0.25, 0.3) is 0 Å². The summed E-state index contributed by atoms with van der Waals surface area (Å²) in [5.74, 6) is 0.667. The van der Waals surface area contributed by atoms with Gasteiger partial charge in [-0.25, -0.2) is 4.52 Å². The molecule has 0 saturated heterocycles. The number of anilines is 1. The maximum absolute atomic E-state index is 6.21. The van der Waals surface area contributed by atoms with Gasteiger partial charge in [-0.1, -0.05) is 19.3 Å². The second kappa shape index (κ2) is 5.46. The van der Waals surface area contributed by atoms with Crippen LogP contribution in [0.2, 0.25) is 0 Å². The number of pyridine rings is 1. The van der Waals surface area contributed by atoms with Crippen molar-refractivity contribution in [1.29, 1.82) is 0 Å². The smallest absolute Gasteiger partial charge is 0.243 e. The van der Waals surface area contributed by atoms with Crippen LogP contribution in [0.1, 0.15) is 32.1 Å². The Labute approximate surface area is 120 Å². The Morgan fingerprint density at radius 1 is 1.26 bits per heavy atom. The van der Waals surface area contributed by atoms with Crippen molar-refractivity contribution in [2.75, 3.05) is 5.32 Å². The van der Waals surface area contributed by atoms with Gasteiger partial charge in [0.2, 0.25) is 5.95 Å². The number of rotatable bonds is 2. The Bertz CT molecular complexity index is 567. The Morgan fingerprint density at radius 3 is 3.00 bits per heavy atom. The largest absolute Gasteiger partial charge is 0.349 e. The topological polar surface area (TPSA) is 68.2 Å².